The fourth-order valence-electron chi connectivity index (χ4n) is 2.29. The van der Waals surface area contributed by atoms with Gasteiger partial charge in [-0.25, -0.2) is 0 Å². The monoisotopic (exact) mass is 217 g/mol. The summed E-state index contributed by atoms with van der Waals surface area (Å²) in [6, 6.07) is -0.113. The van der Waals surface area contributed by atoms with Crippen LogP contribution in [0.1, 0.15) is 20.8 Å². The molecule has 0 radical (unpaired) electrons. The zero-order valence-electron chi connectivity index (χ0n) is 8.79. The quantitative estimate of drug-likeness (QED) is 0.568. The molecule has 2 aliphatic heterocycles. The average molecular weight is 218 g/mol. The molecule has 2 rings (SSSR count). The lowest BCUT2D eigenvalue weighted by atomic mass is 10.0. The zero-order valence-corrected chi connectivity index (χ0v) is 9.54. The first kappa shape index (κ1) is 10.4. The third-order valence-electron chi connectivity index (χ3n) is 2.98. The van der Waals surface area contributed by atoms with Crippen LogP contribution in [0.5, 0.6) is 0 Å². The molecule has 2 saturated heterocycles. The van der Waals surface area contributed by atoms with Crippen LogP contribution in [0.3, 0.4) is 0 Å². The predicted molar refractivity (Wildman–Crippen MR) is 54.6 cm³/mol. The van der Waals surface area contributed by atoms with Gasteiger partial charge < -0.3 is 4.74 Å². The van der Waals surface area contributed by atoms with Gasteiger partial charge in [-0.15, -0.1) is 11.6 Å². The molecule has 0 bridgehead atoms. The molecule has 3 nitrogen and oxygen atoms in total. The highest BCUT2D eigenvalue weighted by molar-refractivity contribution is 6.22. The molecule has 0 aromatic heterocycles. The van der Waals surface area contributed by atoms with Crippen molar-refractivity contribution in [2.75, 3.05) is 13.2 Å². The molecule has 0 aromatic rings. The Hall–Kier alpha value is -0.120. The summed E-state index contributed by atoms with van der Waals surface area (Å²) in [7, 11) is 0. The molecule has 14 heavy (non-hydrogen) atoms. The van der Waals surface area contributed by atoms with Crippen molar-refractivity contribution in [3.05, 3.63) is 0 Å². The Morgan fingerprint density at radius 3 is 2.71 bits per heavy atom. The second kappa shape index (κ2) is 3.19. The summed E-state index contributed by atoms with van der Waals surface area (Å²) in [4.78, 5) is 13.8. The van der Waals surface area contributed by atoms with E-state index in [1.54, 1.807) is 0 Å². The SMILES string of the molecule is CC(C)(C)N1C[C@H](Cl)[C@H]2OCC(=O)[C@H]21. The molecule has 4 heteroatoms. The molecule has 0 spiro atoms. The lowest BCUT2D eigenvalue weighted by molar-refractivity contribution is -0.122. The Morgan fingerprint density at radius 2 is 2.14 bits per heavy atom. The van der Waals surface area contributed by atoms with Gasteiger partial charge in [0.2, 0.25) is 0 Å². The molecule has 0 saturated carbocycles. The number of Topliss-reactive ketones (excluding diaryl/α,β-unsaturated/α-hetero) is 1. The minimum Gasteiger partial charge on any atom is -0.367 e. The third kappa shape index (κ3) is 1.47. The van der Waals surface area contributed by atoms with E-state index in [1.807, 2.05) is 0 Å². The Balaban J connectivity index is 2.25. The van der Waals surface area contributed by atoms with E-state index in [9.17, 15) is 4.79 Å². The summed E-state index contributed by atoms with van der Waals surface area (Å²) in [5.74, 6) is 0.174. The minimum absolute atomic E-state index is 0.0179. The third-order valence-corrected chi connectivity index (χ3v) is 3.37. The summed E-state index contributed by atoms with van der Waals surface area (Å²) in [5.41, 5.74) is -0.0179. The maximum atomic E-state index is 11.6. The maximum absolute atomic E-state index is 11.6. The van der Waals surface area contributed by atoms with Crippen LogP contribution in [0.2, 0.25) is 0 Å². The number of ether oxygens (including phenoxy) is 1. The smallest absolute Gasteiger partial charge is 0.178 e. The van der Waals surface area contributed by atoms with E-state index >= 15 is 0 Å². The van der Waals surface area contributed by atoms with E-state index in [2.05, 4.69) is 25.7 Å². The summed E-state index contributed by atoms with van der Waals surface area (Å²) in [6.07, 6.45) is -0.0941. The maximum Gasteiger partial charge on any atom is 0.178 e. The Kier molecular flexibility index (Phi) is 2.37. The van der Waals surface area contributed by atoms with E-state index in [0.29, 0.717) is 0 Å². The van der Waals surface area contributed by atoms with Crippen molar-refractivity contribution in [3.63, 3.8) is 0 Å². The van der Waals surface area contributed by atoms with Gasteiger partial charge in [0.1, 0.15) is 6.61 Å². The van der Waals surface area contributed by atoms with Gasteiger partial charge >= 0.3 is 0 Å². The summed E-state index contributed by atoms with van der Waals surface area (Å²) in [6.45, 7) is 7.27. The minimum atomic E-state index is -0.113. The fourth-order valence-corrected chi connectivity index (χ4v) is 2.65. The van der Waals surface area contributed by atoms with Crippen molar-refractivity contribution < 1.29 is 9.53 Å². The number of halogens is 1. The van der Waals surface area contributed by atoms with E-state index < -0.39 is 0 Å². The van der Waals surface area contributed by atoms with Crippen LogP contribution in [0.25, 0.3) is 0 Å². The average Bonchev–Trinajstić information content (AvgIpc) is 2.54. The number of rotatable bonds is 0. The number of nitrogens with zero attached hydrogens (tertiary/aromatic N) is 1. The Morgan fingerprint density at radius 1 is 1.50 bits per heavy atom. The van der Waals surface area contributed by atoms with Gasteiger partial charge in [-0.2, -0.15) is 0 Å². The van der Waals surface area contributed by atoms with Crippen LogP contribution < -0.4 is 0 Å². The van der Waals surface area contributed by atoms with Gasteiger partial charge in [0.15, 0.2) is 5.78 Å². The van der Waals surface area contributed by atoms with Gasteiger partial charge in [-0.05, 0) is 20.8 Å². The molecule has 0 aromatic carbocycles. The number of hydrogen-bond donors (Lipinski definition) is 0. The van der Waals surface area contributed by atoms with Crippen molar-refractivity contribution in [2.24, 2.45) is 0 Å². The predicted octanol–water partition coefficient (Wildman–Crippen LogP) is 1.04. The standard InChI is InChI=1S/C10H16ClNO2/c1-10(2,3)12-4-6(11)9-8(12)7(13)5-14-9/h6,8-9H,4-5H2,1-3H3/t6-,8+,9+/m0/s1. The molecule has 0 aliphatic carbocycles. The van der Waals surface area contributed by atoms with Gasteiger partial charge in [-0.3, -0.25) is 9.69 Å². The Bertz CT molecular complexity index is 261. The number of carbonyl (C=O) groups is 1. The zero-order chi connectivity index (χ0) is 10.5. The number of fused-ring (bicyclic) bond motifs is 1. The number of carbonyl (C=O) groups excluding carboxylic acids is 1. The van der Waals surface area contributed by atoms with Crippen LogP contribution in [-0.2, 0) is 9.53 Å². The van der Waals surface area contributed by atoms with E-state index in [1.165, 1.54) is 0 Å². The molecule has 2 fully saturated rings. The van der Waals surface area contributed by atoms with Crippen molar-refractivity contribution >= 4 is 17.4 Å². The number of hydrogen-bond acceptors (Lipinski definition) is 3. The first-order valence-electron chi connectivity index (χ1n) is 4.96. The second-order valence-corrected chi connectivity index (χ2v) is 5.59. The van der Waals surface area contributed by atoms with Crippen LogP contribution in [-0.4, -0.2) is 46.9 Å². The van der Waals surface area contributed by atoms with E-state index in [-0.39, 0.29) is 35.5 Å². The van der Waals surface area contributed by atoms with E-state index in [4.69, 9.17) is 16.3 Å². The highest BCUT2D eigenvalue weighted by atomic mass is 35.5. The van der Waals surface area contributed by atoms with Crippen molar-refractivity contribution in [2.45, 2.75) is 43.8 Å². The molecule has 3 atom stereocenters. The van der Waals surface area contributed by atoms with Gasteiger partial charge in [0.25, 0.3) is 0 Å². The number of likely N-dealkylation sites (tertiary alicyclic amines) is 1. The van der Waals surface area contributed by atoms with Crippen LogP contribution >= 0.6 is 11.6 Å². The summed E-state index contributed by atoms with van der Waals surface area (Å²) < 4.78 is 5.40. The molecule has 0 unspecified atom stereocenters. The first-order chi connectivity index (χ1) is 6.41. The molecule has 0 amide bonds. The van der Waals surface area contributed by atoms with Crippen molar-refractivity contribution in [1.82, 2.24) is 4.90 Å². The summed E-state index contributed by atoms with van der Waals surface area (Å²) in [5, 5.41) is -0.0503. The van der Waals surface area contributed by atoms with Crippen LogP contribution in [0.4, 0.5) is 0 Å². The fraction of sp³-hybridized carbons (Fsp3) is 0.900. The molecule has 0 N–H and O–H groups in total. The van der Waals surface area contributed by atoms with Gasteiger partial charge in [0, 0.05) is 12.1 Å². The summed E-state index contributed by atoms with van der Waals surface area (Å²) >= 11 is 6.16. The van der Waals surface area contributed by atoms with Gasteiger partial charge in [0.05, 0.1) is 17.5 Å². The highest BCUT2D eigenvalue weighted by Gasteiger charge is 2.52. The van der Waals surface area contributed by atoms with E-state index in [0.717, 1.165) is 6.54 Å². The van der Waals surface area contributed by atoms with Gasteiger partial charge in [-0.1, -0.05) is 0 Å². The molecule has 2 aliphatic rings. The second-order valence-electron chi connectivity index (χ2n) is 5.03. The lowest BCUT2D eigenvalue weighted by Gasteiger charge is -2.35. The van der Waals surface area contributed by atoms with Crippen molar-refractivity contribution in [1.29, 1.82) is 0 Å². The molecular weight excluding hydrogens is 202 g/mol. The first-order valence-corrected chi connectivity index (χ1v) is 5.40. The molecule has 80 valence electrons. The molecule has 2 heterocycles. The number of ketones is 1. The largest absolute Gasteiger partial charge is 0.367 e. The van der Waals surface area contributed by atoms with Crippen LogP contribution in [0, 0.1) is 0 Å². The highest BCUT2D eigenvalue weighted by Crippen LogP contribution is 2.35. The topological polar surface area (TPSA) is 29.5 Å². The molecular formula is C10H16ClNO2. The number of alkyl halides is 1. The Labute approximate surface area is 89.4 Å². The van der Waals surface area contributed by atoms with Crippen LogP contribution in [0.15, 0.2) is 0 Å². The van der Waals surface area contributed by atoms with Crippen molar-refractivity contribution in [3.8, 4) is 0 Å². The lowest BCUT2D eigenvalue weighted by Crippen LogP contribution is -2.48. The normalized spacial score (nSPS) is 39.1.